The molecular weight excluding hydrogens is 260 g/mol. The Labute approximate surface area is 125 Å². The molecule has 1 aliphatic heterocycles. The van der Waals surface area contributed by atoms with E-state index in [9.17, 15) is 5.26 Å². The third-order valence-corrected chi connectivity index (χ3v) is 4.01. The SMILES string of the molecule is CC(C)c1cccc2c1CCN(c1nccnc1C#N)C2. The van der Waals surface area contributed by atoms with Gasteiger partial charge in [-0.05, 0) is 29.0 Å². The molecule has 0 N–H and O–H groups in total. The molecule has 0 aliphatic carbocycles. The van der Waals surface area contributed by atoms with Crippen LogP contribution in [0, 0.1) is 11.3 Å². The molecule has 4 nitrogen and oxygen atoms in total. The summed E-state index contributed by atoms with van der Waals surface area (Å²) in [6, 6.07) is 8.66. The van der Waals surface area contributed by atoms with E-state index in [2.05, 4.69) is 53.0 Å². The van der Waals surface area contributed by atoms with Crippen LogP contribution in [0.3, 0.4) is 0 Å². The number of rotatable bonds is 2. The van der Waals surface area contributed by atoms with Gasteiger partial charge in [0, 0.05) is 25.5 Å². The molecule has 106 valence electrons. The monoisotopic (exact) mass is 278 g/mol. The molecule has 2 aromatic rings. The van der Waals surface area contributed by atoms with Gasteiger partial charge in [0.1, 0.15) is 6.07 Å². The number of fused-ring (bicyclic) bond motifs is 1. The van der Waals surface area contributed by atoms with E-state index in [0.29, 0.717) is 17.4 Å². The van der Waals surface area contributed by atoms with Gasteiger partial charge in [0.15, 0.2) is 11.5 Å². The number of benzene rings is 1. The number of anilines is 1. The maximum atomic E-state index is 9.18. The van der Waals surface area contributed by atoms with Crippen LogP contribution in [-0.2, 0) is 13.0 Å². The minimum atomic E-state index is 0.404. The largest absolute Gasteiger partial charge is 0.350 e. The Kier molecular flexibility index (Phi) is 3.57. The lowest BCUT2D eigenvalue weighted by atomic mass is 9.89. The fourth-order valence-electron chi connectivity index (χ4n) is 3.00. The molecule has 1 aromatic heterocycles. The molecule has 4 heteroatoms. The van der Waals surface area contributed by atoms with Gasteiger partial charge in [-0.15, -0.1) is 0 Å². The fourth-order valence-corrected chi connectivity index (χ4v) is 3.00. The van der Waals surface area contributed by atoms with Crippen molar-refractivity contribution in [1.29, 1.82) is 5.26 Å². The van der Waals surface area contributed by atoms with Gasteiger partial charge in [-0.2, -0.15) is 5.26 Å². The zero-order valence-electron chi connectivity index (χ0n) is 12.4. The van der Waals surface area contributed by atoms with Gasteiger partial charge >= 0.3 is 0 Å². The summed E-state index contributed by atoms with van der Waals surface area (Å²) in [7, 11) is 0. The van der Waals surface area contributed by atoms with E-state index in [1.807, 2.05) is 0 Å². The first kappa shape index (κ1) is 13.6. The first-order valence-electron chi connectivity index (χ1n) is 7.27. The first-order valence-corrected chi connectivity index (χ1v) is 7.27. The second-order valence-electron chi connectivity index (χ2n) is 5.65. The highest BCUT2D eigenvalue weighted by Gasteiger charge is 2.22. The summed E-state index contributed by atoms with van der Waals surface area (Å²) in [6.07, 6.45) is 4.21. The molecule has 1 aliphatic rings. The number of nitriles is 1. The minimum absolute atomic E-state index is 0.404. The van der Waals surface area contributed by atoms with E-state index in [4.69, 9.17) is 0 Å². The minimum Gasteiger partial charge on any atom is -0.350 e. The number of hydrogen-bond acceptors (Lipinski definition) is 4. The lowest BCUT2D eigenvalue weighted by Crippen LogP contribution is -2.32. The van der Waals surface area contributed by atoms with Crippen molar-refractivity contribution < 1.29 is 0 Å². The molecule has 0 amide bonds. The molecule has 0 fully saturated rings. The average molecular weight is 278 g/mol. The molecule has 1 aromatic carbocycles. The maximum Gasteiger partial charge on any atom is 0.183 e. The second kappa shape index (κ2) is 5.53. The summed E-state index contributed by atoms with van der Waals surface area (Å²) in [5, 5.41) is 9.18. The van der Waals surface area contributed by atoms with E-state index in [1.165, 1.54) is 16.7 Å². The number of aromatic nitrogens is 2. The summed E-state index contributed by atoms with van der Waals surface area (Å²) >= 11 is 0. The Morgan fingerprint density at radius 2 is 2.05 bits per heavy atom. The van der Waals surface area contributed by atoms with Crippen LogP contribution in [0.5, 0.6) is 0 Å². The van der Waals surface area contributed by atoms with E-state index >= 15 is 0 Å². The lowest BCUT2D eigenvalue weighted by Gasteiger charge is -2.31. The van der Waals surface area contributed by atoms with Crippen molar-refractivity contribution in [2.75, 3.05) is 11.4 Å². The van der Waals surface area contributed by atoms with Crippen LogP contribution < -0.4 is 4.90 Å². The van der Waals surface area contributed by atoms with Crippen LogP contribution in [0.25, 0.3) is 0 Å². The van der Waals surface area contributed by atoms with E-state index in [1.54, 1.807) is 12.4 Å². The van der Waals surface area contributed by atoms with Gasteiger partial charge in [0.05, 0.1) is 0 Å². The van der Waals surface area contributed by atoms with Crippen LogP contribution in [0.15, 0.2) is 30.6 Å². The van der Waals surface area contributed by atoms with Crippen molar-refractivity contribution in [3.63, 3.8) is 0 Å². The number of hydrogen-bond donors (Lipinski definition) is 0. The highest BCUT2D eigenvalue weighted by molar-refractivity contribution is 5.52. The van der Waals surface area contributed by atoms with Crippen LogP contribution >= 0.6 is 0 Å². The molecule has 2 heterocycles. The lowest BCUT2D eigenvalue weighted by molar-refractivity contribution is 0.700. The third kappa shape index (κ3) is 2.47. The maximum absolute atomic E-state index is 9.18. The van der Waals surface area contributed by atoms with Gasteiger partial charge in [-0.25, -0.2) is 9.97 Å². The van der Waals surface area contributed by atoms with Crippen LogP contribution in [0.1, 0.15) is 42.1 Å². The summed E-state index contributed by atoms with van der Waals surface area (Å²) in [4.78, 5) is 10.6. The summed E-state index contributed by atoms with van der Waals surface area (Å²) in [5.74, 6) is 1.23. The zero-order chi connectivity index (χ0) is 14.8. The van der Waals surface area contributed by atoms with Gasteiger partial charge < -0.3 is 4.90 Å². The highest BCUT2D eigenvalue weighted by Crippen LogP contribution is 2.29. The molecule has 0 spiro atoms. The van der Waals surface area contributed by atoms with Crippen LogP contribution in [0.2, 0.25) is 0 Å². The van der Waals surface area contributed by atoms with E-state index < -0.39 is 0 Å². The van der Waals surface area contributed by atoms with Crippen molar-refractivity contribution in [2.24, 2.45) is 0 Å². The summed E-state index contributed by atoms with van der Waals surface area (Å²) in [5.41, 5.74) is 4.64. The Balaban J connectivity index is 1.96. The zero-order valence-corrected chi connectivity index (χ0v) is 12.4. The molecule has 21 heavy (non-hydrogen) atoms. The fraction of sp³-hybridized carbons (Fsp3) is 0.353. The predicted molar refractivity (Wildman–Crippen MR) is 82.0 cm³/mol. The molecule has 0 atom stereocenters. The van der Waals surface area contributed by atoms with Crippen molar-refractivity contribution in [2.45, 2.75) is 32.7 Å². The van der Waals surface area contributed by atoms with Crippen molar-refractivity contribution in [1.82, 2.24) is 9.97 Å². The molecule has 0 radical (unpaired) electrons. The Morgan fingerprint density at radius 1 is 1.24 bits per heavy atom. The average Bonchev–Trinajstić information content (AvgIpc) is 2.53. The highest BCUT2D eigenvalue weighted by atomic mass is 15.2. The van der Waals surface area contributed by atoms with E-state index in [-0.39, 0.29) is 0 Å². The van der Waals surface area contributed by atoms with Crippen LogP contribution in [-0.4, -0.2) is 16.5 Å². The summed E-state index contributed by atoms with van der Waals surface area (Å²) in [6.45, 7) is 6.14. The van der Waals surface area contributed by atoms with Gasteiger partial charge in [0.25, 0.3) is 0 Å². The number of nitrogens with zero attached hydrogens (tertiary/aromatic N) is 4. The smallest absolute Gasteiger partial charge is 0.183 e. The topological polar surface area (TPSA) is 52.8 Å². The molecule has 0 saturated heterocycles. The molecule has 0 bridgehead atoms. The molecule has 0 unspecified atom stereocenters. The normalized spacial score (nSPS) is 13.9. The second-order valence-corrected chi connectivity index (χ2v) is 5.65. The van der Waals surface area contributed by atoms with Crippen LogP contribution in [0.4, 0.5) is 5.82 Å². The van der Waals surface area contributed by atoms with Crippen molar-refractivity contribution in [3.05, 3.63) is 53.0 Å². The van der Waals surface area contributed by atoms with Crippen molar-refractivity contribution >= 4 is 5.82 Å². The van der Waals surface area contributed by atoms with Gasteiger partial charge in [0.2, 0.25) is 0 Å². The standard InChI is InChI=1S/C17H18N4/c1-12(2)14-5-3-4-13-11-21(9-6-15(13)14)17-16(10-18)19-7-8-20-17/h3-5,7-8,12H,6,9,11H2,1-2H3. The van der Waals surface area contributed by atoms with Gasteiger partial charge in [-0.3, -0.25) is 0 Å². The quantitative estimate of drug-likeness (QED) is 0.847. The molecule has 0 saturated carbocycles. The molecular formula is C17H18N4. The first-order chi connectivity index (χ1) is 10.2. The molecule has 3 rings (SSSR count). The Hall–Kier alpha value is -2.41. The van der Waals surface area contributed by atoms with E-state index in [0.717, 1.165) is 19.5 Å². The van der Waals surface area contributed by atoms with Gasteiger partial charge in [-0.1, -0.05) is 32.0 Å². The Bertz CT molecular complexity index is 700. The summed E-state index contributed by atoms with van der Waals surface area (Å²) < 4.78 is 0. The van der Waals surface area contributed by atoms with Crippen molar-refractivity contribution in [3.8, 4) is 6.07 Å². The Morgan fingerprint density at radius 3 is 2.81 bits per heavy atom. The predicted octanol–water partition coefficient (Wildman–Crippen LogP) is 3.03. The third-order valence-electron chi connectivity index (χ3n) is 4.01.